The molecule has 7 heteroatoms. The fourth-order valence-electron chi connectivity index (χ4n) is 1.92. The van der Waals surface area contributed by atoms with Crippen LogP contribution in [0.3, 0.4) is 0 Å². The number of carboxylic acids is 1. The van der Waals surface area contributed by atoms with Crippen LogP contribution < -0.4 is 0 Å². The van der Waals surface area contributed by atoms with E-state index >= 15 is 0 Å². The monoisotopic (exact) mass is 303 g/mol. The van der Waals surface area contributed by atoms with Gasteiger partial charge in [-0.1, -0.05) is 11.8 Å². The van der Waals surface area contributed by atoms with Crippen LogP contribution in [-0.4, -0.2) is 25.7 Å². The zero-order valence-corrected chi connectivity index (χ0v) is 11.8. The summed E-state index contributed by atoms with van der Waals surface area (Å²) in [6, 6.07) is 5.53. The van der Waals surface area contributed by atoms with E-state index in [9.17, 15) is 9.18 Å². The number of hydrogen-bond acceptors (Lipinski definition) is 4. The van der Waals surface area contributed by atoms with E-state index in [4.69, 9.17) is 5.11 Å². The molecule has 1 N–H and O–H groups in total. The molecule has 106 valence electrons. The third-order valence-electron chi connectivity index (χ3n) is 2.86. The summed E-state index contributed by atoms with van der Waals surface area (Å²) in [6.45, 7) is 1.85. The van der Waals surface area contributed by atoms with Crippen LogP contribution in [0.15, 0.2) is 46.6 Å². The summed E-state index contributed by atoms with van der Waals surface area (Å²) >= 11 is 1.08. The van der Waals surface area contributed by atoms with Gasteiger partial charge in [-0.05, 0) is 31.2 Å². The van der Waals surface area contributed by atoms with Crippen LogP contribution in [0.25, 0.3) is 5.52 Å². The molecule has 0 spiro atoms. The predicted molar refractivity (Wildman–Crippen MR) is 75.2 cm³/mol. The lowest BCUT2D eigenvalue weighted by molar-refractivity contribution is 0.0696. The van der Waals surface area contributed by atoms with E-state index in [2.05, 4.69) is 10.1 Å². The van der Waals surface area contributed by atoms with Crippen molar-refractivity contribution in [3.63, 3.8) is 0 Å². The van der Waals surface area contributed by atoms with E-state index in [-0.39, 0.29) is 10.5 Å². The van der Waals surface area contributed by atoms with E-state index in [1.165, 1.54) is 12.1 Å². The van der Waals surface area contributed by atoms with Crippen LogP contribution in [0.2, 0.25) is 0 Å². The maximum Gasteiger partial charge on any atom is 0.335 e. The molecule has 21 heavy (non-hydrogen) atoms. The first-order chi connectivity index (χ1) is 10.0. The smallest absolute Gasteiger partial charge is 0.335 e. The van der Waals surface area contributed by atoms with Crippen molar-refractivity contribution < 1.29 is 14.3 Å². The molecule has 0 radical (unpaired) electrons. The molecule has 0 aliphatic rings. The molecule has 2 heterocycles. The molecule has 1 aromatic carbocycles. The zero-order valence-electron chi connectivity index (χ0n) is 10.9. The third-order valence-corrected chi connectivity index (χ3v) is 3.90. The maximum atomic E-state index is 13.9. The molecule has 0 bridgehead atoms. The van der Waals surface area contributed by atoms with Gasteiger partial charge >= 0.3 is 5.97 Å². The minimum Gasteiger partial charge on any atom is -0.478 e. The van der Waals surface area contributed by atoms with Gasteiger partial charge in [0.25, 0.3) is 0 Å². The van der Waals surface area contributed by atoms with Crippen molar-refractivity contribution in [1.29, 1.82) is 0 Å². The zero-order chi connectivity index (χ0) is 15.0. The van der Waals surface area contributed by atoms with Gasteiger partial charge in [-0.3, -0.25) is 0 Å². The van der Waals surface area contributed by atoms with Gasteiger partial charge in [-0.15, -0.1) is 0 Å². The summed E-state index contributed by atoms with van der Waals surface area (Å²) in [5.74, 6) is -1.58. The number of benzene rings is 1. The Morgan fingerprint density at radius 2 is 2.19 bits per heavy atom. The first-order valence-electron chi connectivity index (χ1n) is 6.06. The van der Waals surface area contributed by atoms with Crippen molar-refractivity contribution in [2.24, 2.45) is 0 Å². The fourth-order valence-corrected chi connectivity index (χ4v) is 2.85. The van der Waals surface area contributed by atoms with Crippen molar-refractivity contribution in [2.45, 2.75) is 16.8 Å². The summed E-state index contributed by atoms with van der Waals surface area (Å²) in [7, 11) is 0. The molecule has 5 nitrogen and oxygen atoms in total. The second-order valence-corrected chi connectivity index (χ2v) is 5.43. The van der Waals surface area contributed by atoms with Crippen molar-refractivity contribution in [1.82, 2.24) is 14.6 Å². The number of aromatic carboxylic acids is 1. The Labute approximate surface area is 123 Å². The van der Waals surface area contributed by atoms with Crippen LogP contribution >= 0.6 is 11.8 Å². The normalized spacial score (nSPS) is 11.0. The Kier molecular flexibility index (Phi) is 3.34. The van der Waals surface area contributed by atoms with Gasteiger partial charge in [0.15, 0.2) is 0 Å². The minimum atomic E-state index is -1.09. The highest BCUT2D eigenvalue weighted by Crippen LogP contribution is 2.32. The number of carbonyl (C=O) groups is 1. The third kappa shape index (κ3) is 2.59. The Morgan fingerprint density at radius 1 is 1.38 bits per heavy atom. The second-order valence-electron chi connectivity index (χ2n) is 4.40. The van der Waals surface area contributed by atoms with Gasteiger partial charge in [0, 0.05) is 12.4 Å². The summed E-state index contributed by atoms with van der Waals surface area (Å²) in [6.07, 6.45) is 3.27. The van der Waals surface area contributed by atoms with Crippen molar-refractivity contribution in [2.75, 3.05) is 0 Å². The Balaban J connectivity index is 2.06. The lowest BCUT2D eigenvalue weighted by Gasteiger charge is -2.05. The molecular formula is C14H10FN3O2S. The van der Waals surface area contributed by atoms with Gasteiger partial charge in [-0.2, -0.15) is 5.10 Å². The number of aryl methyl sites for hydroxylation is 1. The standard InChI is InChI=1S/C14H10FN3O2S/c1-8-6-11-13(16-4-5-18(11)17-8)21-12-7-9(14(19)20)2-3-10(12)15/h2-7H,1H3,(H,19,20). The highest BCUT2D eigenvalue weighted by Gasteiger charge is 2.13. The molecule has 0 unspecified atom stereocenters. The largest absolute Gasteiger partial charge is 0.478 e. The SMILES string of the molecule is Cc1cc2c(Sc3cc(C(=O)O)ccc3F)nccn2n1. The highest BCUT2D eigenvalue weighted by molar-refractivity contribution is 7.99. The van der Waals surface area contributed by atoms with Crippen molar-refractivity contribution in [3.05, 3.63) is 53.7 Å². The number of rotatable bonds is 3. The Bertz CT molecular complexity index is 847. The Hall–Kier alpha value is -2.41. The van der Waals surface area contributed by atoms with E-state index in [1.54, 1.807) is 16.9 Å². The quantitative estimate of drug-likeness (QED) is 0.805. The molecule has 0 saturated carbocycles. The number of nitrogens with zero attached hydrogens (tertiary/aromatic N) is 3. The van der Waals surface area contributed by atoms with Gasteiger partial charge in [0.05, 0.1) is 21.7 Å². The predicted octanol–water partition coefficient (Wildman–Crippen LogP) is 3.03. The van der Waals surface area contributed by atoms with E-state index in [0.717, 1.165) is 29.0 Å². The average Bonchev–Trinajstić information content (AvgIpc) is 2.82. The van der Waals surface area contributed by atoms with Crippen LogP contribution in [0.5, 0.6) is 0 Å². The minimum absolute atomic E-state index is 0.0375. The molecule has 0 amide bonds. The molecule has 0 atom stereocenters. The topological polar surface area (TPSA) is 67.5 Å². The molecule has 0 saturated heterocycles. The molecule has 2 aromatic heterocycles. The van der Waals surface area contributed by atoms with Gasteiger partial charge in [0.2, 0.25) is 0 Å². The maximum absolute atomic E-state index is 13.9. The van der Waals surface area contributed by atoms with Gasteiger partial charge < -0.3 is 5.11 Å². The number of carboxylic acid groups (broad SMARTS) is 1. The fraction of sp³-hybridized carbons (Fsp3) is 0.0714. The molecular weight excluding hydrogens is 293 g/mol. The van der Waals surface area contributed by atoms with Gasteiger partial charge in [0.1, 0.15) is 10.8 Å². The second kappa shape index (κ2) is 5.17. The number of aromatic nitrogens is 3. The van der Waals surface area contributed by atoms with Crippen LogP contribution in [0, 0.1) is 12.7 Å². The molecule has 0 aliphatic carbocycles. The van der Waals surface area contributed by atoms with E-state index in [0.29, 0.717) is 5.03 Å². The molecule has 0 fully saturated rings. The number of fused-ring (bicyclic) bond motifs is 1. The van der Waals surface area contributed by atoms with Crippen LogP contribution in [0.4, 0.5) is 4.39 Å². The first-order valence-corrected chi connectivity index (χ1v) is 6.88. The summed E-state index contributed by atoms with van der Waals surface area (Å²) in [4.78, 5) is 15.4. The van der Waals surface area contributed by atoms with Gasteiger partial charge in [-0.25, -0.2) is 18.7 Å². The average molecular weight is 303 g/mol. The number of hydrogen-bond donors (Lipinski definition) is 1. The lowest BCUT2D eigenvalue weighted by atomic mass is 10.2. The summed E-state index contributed by atoms with van der Waals surface area (Å²) < 4.78 is 15.5. The summed E-state index contributed by atoms with van der Waals surface area (Å²) in [5, 5.41) is 13.8. The van der Waals surface area contributed by atoms with E-state index in [1.807, 2.05) is 13.0 Å². The van der Waals surface area contributed by atoms with E-state index < -0.39 is 11.8 Å². The van der Waals surface area contributed by atoms with Crippen LogP contribution in [0.1, 0.15) is 16.1 Å². The van der Waals surface area contributed by atoms with Crippen molar-refractivity contribution in [3.8, 4) is 0 Å². The molecule has 0 aliphatic heterocycles. The first kappa shape index (κ1) is 13.6. The number of halogens is 1. The highest BCUT2D eigenvalue weighted by atomic mass is 32.2. The lowest BCUT2D eigenvalue weighted by Crippen LogP contribution is -1.97. The Morgan fingerprint density at radius 3 is 2.95 bits per heavy atom. The van der Waals surface area contributed by atoms with Crippen molar-refractivity contribution >= 4 is 23.2 Å². The van der Waals surface area contributed by atoms with Crippen LogP contribution in [-0.2, 0) is 0 Å². The molecule has 3 aromatic rings. The summed E-state index contributed by atoms with van der Waals surface area (Å²) in [5.41, 5.74) is 1.61. The molecule has 3 rings (SSSR count).